The van der Waals surface area contributed by atoms with Gasteiger partial charge >= 0.3 is 6.09 Å². The molecule has 0 aromatic heterocycles. The fourth-order valence-electron chi connectivity index (χ4n) is 1.85. The van der Waals surface area contributed by atoms with Gasteiger partial charge in [-0.15, -0.1) is 6.58 Å². The maximum absolute atomic E-state index is 11.3. The Morgan fingerprint density at radius 2 is 2.00 bits per heavy atom. The maximum Gasteiger partial charge on any atom is 0.404 e. The number of aliphatic hydroxyl groups is 1. The molecule has 5 N–H and O–H groups in total. The van der Waals surface area contributed by atoms with Crippen LogP contribution in [-0.2, 0) is 19.0 Å². The summed E-state index contributed by atoms with van der Waals surface area (Å²) >= 11 is 0. The summed E-state index contributed by atoms with van der Waals surface area (Å²) in [6, 6.07) is 0. The lowest BCUT2D eigenvalue weighted by Gasteiger charge is -2.27. The summed E-state index contributed by atoms with van der Waals surface area (Å²) in [5, 5.41) is 9.76. The van der Waals surface area contributed by atoms with Crippen LogP contribution in [0.4, 0.5) is 4.79 Å². The zero-order chi connectivity index (χ0) is 14.8. The molecule has 1 saturated heterocycles. The van der Waals surface area contributed by atoms with Gasteiger partial charge in [0.25, 0.3) is 0 Å². The summed E-state index contributed by atoms with van der Waals surface area (Å²) in [6.07, 6.45) is -4.77. The lowest BCUT2D eigenvalue weighted by atomic mass is 10.0. The Hall–Kier alpha value is -1.64. The lowest BCUT2D eigenvalue weighted by molar-refractivity contribution is -0.162. The quantitative estimate of drug-likeness (QED) is 0.550. The number of nitrogens with two attached hydrogens (primary N) is 2. The minimum atomic E-state index is -1.28. The Kier molecular flexibility index (Phi) is 4.51. The molecule has 19 heavy (non-hydrogen) atoms. The van der Waals surface area contributed by atoms with E-state index in [9.17, 15) is 14.7 Å². The van der Waals surface area contributed by atoms with Crippen LogP contribution in [0, 0.1) is 0 Å². The van der Waals surface area contributed by atoms with Crippen LogP contribution in [0.5, 0.6) is 0 Å². The molecule has 0 aromatic rings. The molecule has 1 rings (SSSR count). The Morgan fingerprint density at radius 1 is 1.42 bits per heavy atom. The van der Waals surface area contributed by atoms with Gasteiger partial charge in [-0.25, -0.2) is 4.79 Å². The van der Waals surface area contributed by atoms with Gasteiger partial charge in [0.05, 0.1) is 0 Å². The van der Waals surface area contributed by atoms with Crippen molar-refractivity contribution in [2.45, 2.75) is 44.1 Å². The minimum Gasteiger partial charge on any atom is -0.440 e. The predicted octanol–water partition coefficient (Wildman–Crippen LogP) is -0.997. The van der Waals surface area contributed by atoms with Crippen molar-refractivity contribution in [3.8, 4) is 0 Å². The van der Waals surface area contributed by atoms with E-state index >= 15 is 0 Å². The van der Waals surface area contributed by atoms with Crippen LogP contribution in [0.3, 0.4) is 0 Å². The van der Waals surface area contributed by atoms with Gasteiger partial charge in [0.15, 0.2) is 18.0 Å². The number of hydrogen-bond acceptors (Lipinski definition) is 6. The van der Waals surface area contributed by atoms with E-state index in [1.165, 1.54) is 0 Å². The topological polar surface area (TPSA) is 134 Å². The number of amides is 2. The number of carbonyl (C=O) groups excluding carboxylic acids is 2. The van der Waals surface area contributed by atoms with Crippen LogP contribution in [0.25, 0.3) is 0 Å². The maximum atomic E-state index is 11.3. The van der Waals surface area contributed by atoms with Gasteiger partial charge in [-0.3, -0.25) is 4.79 Å². The number of aliphatic hydroxyl groups excluding tert-OH is 1. The third-order valence-electron chi connectivity index (χ3n) is 2.56. The van der Waals surface area contributed by atoms with E-state index in [0.29, 0.717) is 0 Å². The summed E-state index contributed by atoms with van der Waals surface area (Å²) < 4.78 is 15.5. The van der Waals surface area contributed by atoms with Crippen molar-refractivity contribution in [3.63, 3.8) is 0 Å². The second-order valence-corrected chi connectivity index (χ2v) is 4.55. The number of rotatable bonds is 5. The highest BCUT2D eigenvalue weighted by atomic mass is 16.8. The fraction of sp³-hybridized carbons (Fsp3) is 0.636. The van der Waals surface area contributed by atoms with Crippen LogP contribution < -0.4 is 11.5 Å². The van der Waals surface area contributed by atoms with E-state index in [2.05, 4.69) is 6.58 Å². The molecule has 1 heterocycles. The highest BCUT2D eigenvalue weighted by Gasteiger charge is 2.50. The van der Waals surface area contributed by atoms with Gasteiger partial charge in [0.1, 0.15) is 12.2 Å². The first-order valence-electron chi connectivity index (χ1n) is 5.59. The highest BCUT2D eigenvalue weighted by Crippen LogP contribution is 2.32. The first kappa shape index (κ1) is 15.4. The predicted molar refractivity (Wildman–Crippen MR) is 63.7 cm³/mol. The molecule has 0 saturated carbocycles. The van der Waals surface area contributed by atoms with Crippen molar-refractivity contribution in [1.29, 1.82) is 0 Å². The lowest BCUT2D eigenvalue weighted by Crippen LogP contribution is -2.50. The first-order valence-corrected chi connectivity index (χ1v) is 5.59. The van der Waals surface area contributed by atoms with E-state index in [1.54, 1.807) is 13.8 Å². The molecule has 1 aliphatic heterocycles. The molecule has 0 spiro atoms. The summed E-state index contributed by atoms with van der Waals surface area (Å²) in [5.74, 6) is -1.91. The molecular weight excluding hydrogens is 256 g/mol. The van der Waals surface area contributed by atoms with E-state index in [-0.39, 0.29) is 0 Å². The number of carbonyl (C=O) groups is 2. The van der Waals surface area contributed by atoms with Crippen molar-refractivity contribution in [2.24, 2.45) is 11.5 Å². The van der Waals surface area contributed by atoms with Gasteiger partial charge < -0.3 is 30.8 Å². The third kappa shape index (κ3) is 3.66. The molecule has 2 amide bonds. The summed E-state index contributed by atoms with van der Waals surface area (Å²) in [7, 11) is 0. The van der Waals surface area contributed by atoms with Crippen LogP contribution in [0.1, 0.15) is 13.8 Å². The average Bonchev–Trinajstić information content (AvgIpc) is 2.61. The molecular formula is C11H18N2O6. The Morgan fingerprint density at radius 3 is 2.42 bits per heavy atom. The Bertz CT molecular complexity index is 383. The summed E-state index contributed by atoms with van der Waals surface area (Å²) in [6.45, 7) is 6.49. The van der Waals surface area contributed by atoms with Crippen molar-refractivity contribution in [1.82, 2.24) is 0 Å². The van der Waals surface area contributed by atoms with Crippen LogP contribution in [0.15, 0.2) is 12.7 Å². The monoisotopic (exact) mass is 274 g/mol. The molecule has 0 radical (unpaired) electrons. The van der Waals surface area contributed by atoms with E-state index < -0.39 is 42.2 Å². The zero-order valence-electron chi connectivity index (χ0n) is 10.7. The van der Waals surface area contributed by atoms with Crippen molar-refractivity contribution in [2.75, 3.05) is 0 Å². The van der Waals surface area contributed by atoms with Gasteiger partial charge in [-0.1, -0.05) is 6.08 Å². The molecule has 108 valence electrons. The van der Waals surface area contributed by atoms with E-state index in [0.717, 1.165) is 6.08 Å². The number of primary amides is 2. The van der Waals surface area contributed by atoms with Crippen molar-refractivity contribution in [3.05, 3.63) is 12.7 Å². The molecule has 8 heteroatoms. The summed E-state index contributed by atoms with van der Waals surface area (Å²) in [4.78, 5) is 22.2. The van der Waals surface area contributed by atoms with Crippen LogP contribution >= 0.6 is 0 Å². The second-order valence-electron chi connectivity index (χ2n) is 4.55. The van der Waals surface area contributed by atoms with E-state index in [1.807, 2.05) is 0 Å². The van der Waals surface area contributed by atoms with Crippen molar-refractivity contribution >= 4 is 12.0 Å². The molecule has 0 bridgehead atoms. The smallest absolute Gasteiger partial charge is 0.404 e. The molecule has 1 aliphatic rings. The highest BCUT2D eigenvalue weighted by molar-refractivity contribution is 5.80. The number of ether oxygens (including phenoxy) is 3. The summed E-state index contributed by atoms with van der Waals surface area (Å²) in [5.41, 5.74) is 10.1. The largest absolute Gasteiger partial charge is 0.440 e. The SMILES string of the molecule is C=C[C@H](O)[C@@H](OC(N)=O)[C@H]1OC(C)(C)O[C@@H]1C(N)=O. The number of hydrogen-bond donors (Lipinski definition) is 3. The van der Waals surface area contributed by atoms with Crippen LogP contribution in [0.2, 0.25) is 0 Å². The Balaban J connectivity index is 3.01. The molecule has 0 aromatic carbocycles. The first-order chi connectivity index (χ1) is 8.68. The van der Waals surface area contributed by atoms with E-state index in [4.69, 9.17) is 25.7 Å². The molecule has 0 unspecified atom stereocenters. The molecule has 8 nitrogen and oxygen atoms in total. The molecule has 4 atom stereocenters. The minimum absolute atomic E-state index is 0.801. The average molecular weight is 274 g/mol. The normalized spacial score (nSPS) is 28.4. The van der Waals surface area contributed by atoms with Gasteiger partial charge in [0.2, 0.25) is 5.91 Å². The van der Waals surface area contributed by atoms with Crippen molar-refractivity contribution < 1.29 is 28.9 Å². The standard InChI is InChI=1S/C11H18N2O6/c1-4-5(14)6(17-10(13)16)7-8(9(12)15)19-11(2,3)18-7/h4-8,14H,1H2,2-3H3,(H2,12,15)(H2,13,16)/t5-,6+,7+,8-/m0/s1. The fourth-order valence-corrected chi connectivity index (χ4v) is 1.85. The van der Waals surface area contributed by atoms with Crippen LogP contribution in [-0.4, -0.2) is 47.3 Å². The molecule has 0 aliphatic carbocycles. The van der Waals surface area contributed by atoms with Gasteiger partial charge in [-0.05, 0) is 13.8 Å². The van der Waals surface area contributed by atoms with Gasteiger partial charge in [-0.2, -0.15) is 0 Å². The third-order valence-corrected chi connectivity index (χ3v) is 2.56. The molecule has 1 fully saturated rings. The second kappa shape index (κ2) is 5.55. The zero-order valence-corrected chi connectivity index (χ0v) is 10.7. The Labute approximate surface area is 110 Å². The van der Waals surface area contributed by atoms with Gasteiger partial charge in [0, 0.05) is 0 Å².